The molecule has 0 aromatic carbocycles. The fourth-order valence-corrected chi connectivity index (χ4v) is 4.03. The molecule has 3 heterocycles. The molecule has 1 amide bonds. The minimum atomic E-state index is -0.477. The van der Waals surface area contributed by atoms with Crippen molar-refractivity contribution < 1.29 is 13.9 Å². The minimum Gasteiger partial charge on any atom is -0.444 e. The van der Waals surface area contributed by atoms with Crippen LogP contribution >= 0.6 is 0 Å². The third kappa shape index (κ3) is 3.67. The van der Waals surface area contributed by atoms with Gasteiger partial charge in [0.2, 0.25) is 0 Å². The van der Waals surface area contributed by atoms with E-state index in [1.165, 1.54) is 0 Å². The number of nitrogens with zero attached hydrogens (tertiary/aromatic N) is 3. The van der Waals surface area contributed by atoms with Crippen molar-refractivity contribution in [3.05, 3.63) is 17.6 Å². The molecular weight excluding hydrogens is 345 g/mol. The lowest BCUT2D eigenvalue weighted by molar-refractivity contribution is -0.0458. The molecule has 0 bridgehead atoms. The lowest BCUT2D eigenvalue weighted by Gasteiger charge is -2.60. The molecule has 5 nitrogen and oxygen atoms in total. The van der Waals surface area contributed by atoms with Crippen molar-refractivity contribution in [1.82, 2.24) is 9.47 Å². The summed E-state index contributed by atoms with van der Waals surface area (Å²) in [5.74, 6) is 0.736. The Bertz CT molecular complexity index is 726. The quantitative estimate of drug-likeness (QED) is 0.756. The molecule has 6 heteroatoms. The van der Waals surface area contributed by atoms with Gasteiger partial charge in [-0.05, 0) is 47.5 Å². The number of rotatable bonds is 2. The fraction of sp³-hybridized carbons (Fsp3) is 0.762. The molecule has 2 saturated heterocycles. The first-order valence-corrected chi connectivity index (χ1v) is 9.87. The van der Waals surface area contributed by atoms with Crippen LogP contribution in [-0.4, -0.2) is 47.3 Å². The fourth-order valence-electron chi connectivity index (χ4n) is 4.03. The smallest absolute Gasteiger partial charge is 0.410 e. The van der Waals surface area contributed by atoms with Crippen LogP contribution in [0.15, 0.2) is 6.20 Å². The molecule has 0 N–H and O–H groups in total. The van der Waals surface area contributed by atoms with E-state index in [4.69, 9.17) is 4.74 Å². The van der Waals surface area contributed by atoms with Crippen LogP contribution in [0.4, 0.5) is 15.0 Å². The van der Waals surface area contributed by atoms with E-state index >= 15 is 4.39 Å². The summed E-state index contributed by atoms with van der Waals surface area (Å²) in [6.45, 7) is 18.9. The Labute approximate surface area is 162 Å². The van der Waals surface area contributed by atoms with Crippen LogP contribution in [0.25, 0.3) is 0 Å². The van der Waals surface area contributed by atoms with E-state index in [0.717, 1.165) is 18.7 Å². The Morgan fingerprint density at radius 3 is 2.11 bits per heavy atom. The monoisotopic (exact) mass is 379 g/mol. The first-order valence-electron chi connectivity index (χ1n) is 9.87. The molecule has 0 radical (unpaired) electrons. The summed E-state index contributed by atoms with van der Waals surface area (Å²) in [6.07, 6.45) is 1.71. The third-order valence-electron chi connectivity index (χ3n) is 5.35. The number of likely N-dealkylation sites (tertiary alicyclic amines) is 1. The minimum absolute atomic E-state index is 0.0777. The van der Waals surface area contributed by atoms with Crippen molar-refractivity contribution >= 4 is 11.9 Å². The van der Waals surface area contributed by atoms with E-state index in [1.54, 1.807) is 4.90 Å². The Hall–Kier alpha value is -1.72. The Morgan fingerprint density at radius 2 is 1.67 bits per heavy atom. The predicted molar refractivity (Wildman–Crippen MR) is 106 cm³/mol. The van der Waals surface area contributed by atoms with Crippen molar-refractivity contribution in [2.24, 2.45) is 5.41 Å². The summed E-state index contributed by atoms with van der Waals surface area (Å²) < 4.78 is 22.7. The molecule has 3 rings (SSSR count). The maximum Gasteiger partial charge on any atom is 0.410 e. The maximum absolute atomic E-state index is 15.2. The molecular formula is C21H34FN3O2. The van der Waals surface area contributed by atoms with Gasteiger partial charge in [-0.15, -0.1) is 0 Å². The highest BCUT2D eigenvalue weighted by Crippen LogP contribution is 2.45. The highest BCUT2D eigenvalue weighted by atomic mass is 19.1. The Kier molecular flexibility index (Phi) is 4.56. The van der Waals surface area contributed by atoms with E-state index in [9.17, 15) is 4.79 Å². The van der Waals surface area contributed by atoms with Crippen LogP contribution in [0, 0.1) is 11.2 Å². The molecule has 0 aliphatic carbocycles. The average molecular weight is 380 g/mol. The lowest BCUT2D eigenvalue weighted by Crippen LogP contribution is -2.73. The SMILES string of the molecule is CC(C)c1cn(C(C)(C)C)c(N2CC3(CN(C(=O)OC(C)(C)C)C3)C2)c1F. The Balaban J connectivity index is 1.70. The van der Waals surface area contributed by atoms with Crippen molar-refractivity contribution in [2.45, 2.75) is 72.4 Å². The molecule has 27 heavy (non-hydrogen) atoms. The molecule has 1 aromatic heterocycles. The van der Waals surface area contributed by atoms with Crippen LogP contribution in [0.2, 0.25) is 0 Å². The van der Waals surface area contributed by atoms with Gasteiger partial charge in [-0.1, -0.05) is 13.8 Å². The summed E-state index contributed by atoms with van der Waals surface area (Å²) in [5, 5.41) is 0. The van der Waals surface area contributed by atoms with Crippen molar-refractivity contribution in [3.63, 3.8) is 0 Å². The number of aromatic nitrogens is 1. The topological polar surface area (TPSA) is 37.7 Å². The summed E-state index contributed by atoms with van der Waals surface area (Å²) >= 11 is 0. The van der Waals surface area contributed by atoms with Gasteiger partial charge in [-0.3, -0.25) is 0 Å². The largest absolute Gasteiger partial charge is 0.444 e. The first kappa shape index (κ1) is 20.0. The van der Waals surface area contributed by atoms with Gasteiger partial charge in [0, 0.05) is 48.9 Å². The van der Waals surface area contributed by atoms with Crippen molar-refractivity contribution in [3.8, 4) is 0 Å². The number of hydrogen-bond donors (Lipinski definition) is 0. The van der Waals surface area contributed by atoms with Gasteiger partial charge >= 0.3 is 6.09 Å². The zero-order chi connectivity index (χ0) is 20.4. The van der Waals surface area contributed by atoms with E-state index in [0.29, 0.717) is 18.9 Å². The predicted octanol–water partition coefficient (Wildman–Crippen LogP) is 4.56. The zero-order valence-corrected chi connectivity index (χ0v) is 18.0. The van der Waals surface area contributed by atoms with E-state index in [-0.39, 0.29) is 28.8 Å². The lowest BCUT2D eigenvalue weighted by atomic mass is 9.73. The number of carbonyl (C=O) groups excluding carboxylic acids is 1. The molecule has 152 valence electrons. The van der Waals surface area contributed by atoms with Crippen LogP contribution in [-0.2, 0) is 10.3 Å². The molecule has 1 spiro atoms. The first-order chi connectivity index (χ1) is 12.2. The van der Waals surface area contributed by atoms with Gasteiger partial charge in [0.15, 0.2) is 5.82 Å². The van der Waals surface area contributed by atoms with Gasteiger partial charge in [-0.2, -0.15) is 0 Å². The second kappa shape index (κ2) is 6.14. The maximum atomic E-state index is 15.2. The normalized spacial score (nSPS) is 19.3. The van der Waals surface area contributed by atoms with E-state index in [1.807, 2.05) is 40.8 Å². The van der Waals surface area contributed by atoms with Gasteiger partial charge in [0.1, 0.15) is 11.4 Å². The molecule has 1 aromatic rings. The standard InChI is InChI=1S/C21H34FN3O2/c1-14(2)15-9-25(19(3,4)5)17(16(15)22)23-10-21(11-23)12-24(13-21)18(26)27-20(6,7)8/h9,14H,10-13H2,1-8H3. The van der Waals surface area contributed by atoms with Crippen LogP contribution < -0.4 is 4.90 Å². The van der Waals surface area contributed by atoms with Gasteiger partial charge in [0.25, 0.3) is 0 Å². The number of ether oxygens (including phenoxy) is 1. The second-order valence-corrected chi connectivity index (χ2v) is 10.6. The van der Waals surface area contributed by atoms with E-state index in [2.05, 4.69) is 30.2 Å². The summed E-state index contributed by atoms with van der Waals surface area (Å²) in [7, 11) is 0. The molecule has 0 unspecified atom stereocenters. The number of halogens is 1. The molecule has 0 atom stereocenters. The number of carbonyl (C=O) groups is 1. The highest BCUT2D eigenvalue weighted by Gasteiger charge is 2.55. The molecule has 2 aliphatic heterocycles. The zero-order valence-electron chi connectivity index (χ0n) is 18.0. The molecule has 2 aliphatic rings. The number of hydrogen-bond acceptors (Lipinski definition) is 3. The van der Waals surface area contributed by atoms with Crippen LogP contribution in [0.3, 0.4) is 0 Å². The van der Waals surface area contributed by atoms with Crippen LogP contribution in [0.5, 0.6) is 0 Å². The van der Waals surface area contributed by atoms with Crippen molar-refractivity contribution in [1.29, 1.82) is 0 Å². The van der Waals surface area contributed by atoms with Crippen molar-refractivity contribution in [2.75, 3.05) is 31.1 Å². The summed E-state index contributed by atoms with van der Waals surface area (Å²) in [4.78, 5) is 16.0. The summed E-state index contributed by atoms with van der Waals surface area (Å²) in [5.41, 5.74) is 0.183. The van der Waals surface area contributed by atoms with E-state index < -0.39 is 5.60 Å². The average Bonchev–Trinajstić information content (AvgIpc) is 2.71. The highest BCUT2D eigenvalue weighted by molar-refractivity contribution is 5.70. The Morgan fingerprint density at radius 1 is 1.11 bits per heavy atom. The second-order valence-electron chi connectivity index (χ2n) is 10.6. The third-order valence-corrected chi connectivity index (χ3v) is 5.35. The van der Waals surface area contributed by atoms with Gasteiger partial charge in [-0.25, -0.2) is 9.18 Å². The van der Waals surface area contributed by atoms with Crippen LogP contribution in [0.1, 0.15) is 66.9 Å². The molecule has 2 fully saturated rings. The number of anilines is 1. The van der Waals surface area contributed by atoms with Gasteiger partial charge in [0.05, 0.1) is 0 Å². The molecule has 0 saturated carbocycles. The van der Waals surface area contributed by atoms with Gasteiger partial charge < -0.3 is 19.1 Å². The number of amides is 1. The summed E-state index contributed by atoms with van der Waals surface area (Å²) in [6, 6.07) is 0.